The van der Waals surface area contributed by atoms with Gasteiger partial charge in [0.1, 0.15) is 6.42 Å². The number of barbiturate groups is 1. The lowest BCUT2D eigenvalue weighted by atomic mass is 9.86. The monoisotopic (exact) mass is 392 g/mol. The van der Waals surface area contributed by atoms with Gasteiger partial charge in [0.15, 0.2) is 0 Å². The molecule has 1 saturated heterocycles. The van der Waals surface area contributed by atoms with Crippen molar-refractivity contribution in [1.82, 2.24) is 9.80 Å². The number of imide groups is 2. The highest BCUT2D eigenvalue weighted by Crippen LogP contribution is 2.22. The maximum absolute atomic E-state index is 12.8. The number of hydrogen-bond acceptors (Lipinski definition) is 3. The van der Waals surface area contributed by atoms with Gasteiger partial charge in [-0.05, 0) is 34.9 Å². The first-order chi connectivity index (χ1) is 13.8. The first-order valence-electron chi connectivity index (χ1n) is 10.0. The predicted molar refractivity (Wildman–Crippen MR) is 112 cm³/mol. The third-order valence-corrected chi connectivity index (χ3v) is 5.28. The maximum atomic E-state index is 12.8. The number of rotatable bonds is 6. The molecule has 0 N–H and O–H groups in total. The molecule has 3 rings (SSSR count). The summed E-state index contributed by atoms with van der Waals surface area (Å²) < 4.78 is 0. The van der Waals surface area contributed by atoms with Gasteiger partial charge in [-0.3, -0.25) is 19.4 Å². The SMILES string of the molecule is CC(C)(C)c1ccc(CCN2C(=O)CC(=O)N(CCc3ccccc3)C2=O)cc1. The topological polar surface area (TPSA) is 57.7 Å². The lowest BCUT2D eigenvalue weighted by molar-refractivity contribution is -0.142. The van der Waals surface area contributed by atoms with Gasteiger partial charge in [-0.1, -0.05) is 75.4 Å². The molecular formula is C24H28N2O3. The minimum absolute atomic E-state index is 0.0803. The van der Waals surface area contributed by atoms with Crippen molar-refractivity contribution < 1.29 is 14.4 Å². The lowest BCUT2D eigenvalue weighted by Crippen LogP contribution is -2.55. The van der Waals surface area contributed by atoms with E-state index in [4.69, 9.17) is 0 Å². The van der Waals surface area contributed by atoms with Crippen molar-refractivity contribution in [2.24, 2.45) is 0 Å². The fourth-order valence-electron chi connectivity index (χ4n) is 3.42. The van der Waals surface area contributed by atoms with E-state index >= 15 is 0 Å². The van der Waals surface area contributed by atoms with Gasteiger partial charge >= 0.3 is 6.03 Å². The van der Waals surface area contributed by atoms with Crippen LogP contribution in [-0.2, 0) is 27.8 Å². The molecule has 1 fully saturated rings. The Hall–Kier alpha value is -2.95. The average Bonchev–Trinajstić information content (AvgIpc) is 2.68. The van der Waals surface area contributed by atoms with Crippen LogP contribution in [0.4, 0.5) is 4.79 Å². The molecule has 0 aliphatic carbocycles. The van der Waals surface area contributed by atoms with Gasteiger partial charge in [0, 0.05) is 13.1 Å². The molecule has 5 heteroatoms. The van der Waals surface area contributed by atoms with E-state index in [1.165, 1.54) is 15.4 Å². The molecule has 1 heterocycles. The largest absolute Gasteiger partial charge is 0.333 e. The minimum Gasteiger partial charge on any atom is -0.274 e. The van der Waals surface area contributed by atoms with Gasteiger partial charge in [-0.25, -0.2) is 4.79 Å². The van der Waals surface area contributed by atoms with E-state index in [9.17, 15) is 14.4 Å². The van der Waals surface area contributed by atoms with Gasteiger partial charge in [-0.15, -0.1) is 0 Å². The van der Waals surface area contributed by atoms with Crippen molar-refractivity contribution in [1.29, 1.82) is 0 Å². The number of nitrogens with zero attached hydrogens (tertiary/aromatic N) is 2. The number of benzene rings is 2. The molecule has 0 atom stereocenters. The van der Waals surface area contributed by atoms with Crippen LogP contribution in [0.15, 0.2) is 54.6 Å². The van der Waals surface area contributed by atoms with Gasteiger partial charge < -0.3 is 0 Å². The normalized spacial score (nSPS) is 15.2. The van der Waals surface area contributed by atoms with E-state index in [0.717, 1.165) is 11.1 Å². The Labute approximate surface area is 172 Å². The Bertz CT molecular complexity index is 883. The predicted octanol–water partition coefficient (Wildman–Crippen LogP) is 3.95. The summed E-state index contributed by atoms with van der Waals surface area (Å²) in [5.74, 6) is -0.830. The van der Waals surface area contributed by atoms with E-state index in [0.29, 0.717) is 12.8 Å². The van der Waals surface area contributed by atoms with Gasteiger partial charge in [0.05, 0.1) is 0 Å². The second-order valence-corrected chi connectivity index (χ2v) is 8.48. The summed E-state index contributed by atoms with van der Waals surface area (Å²) >= 11 is 0. The van der Waals surface area contributed by atoms with E-state index in [2.05, 4.69) is 32.9 Å². The second-order valence-electron chi connectivity index (χ2n) is 8.48. The molecule has 0 aromatic heterocycles. The summed E-state index contributed by atoms with van der Waals surface area (Å²) in [6.45, 7) is 7.05. The summed E-state index contributed by atoms with van der Waals surface area (Å²) in [6, 6.07) is 17.5. The molecule has 2 aromatic carbocycles. The third kappa shape index (κ3) is 5.11. The summed E-state index contributed by atoms with van der Waals surface area (Å²) in [5, 5.41) is 0. The number of hydrogen-bond donors (Lipinski definition) is 0. The summed E-state index contributed by atoms with van der Waals surface area (Å²) in [6.07, 6.45) is 0.903. The smallest absolute Gasteiger partial charge is 0.274 e. The van der Waals surface area contributed by atoms with Crippen molar-refractivity contribution in [3.63, 3.8) is 0 Å². The molecule has 5 nitrogen and oxygen atoms in total. The third-order valence-electron chi connectivity index (χ3n) is 5.28. The Morgan fingerprint density at radius 1 is 0.724 bits per heavy atom. The van der Waals surface area contributed by atoms with Crippen molar-refractivity contribution >= 4 is 17.8 Å². The van der Waals surface area contributed by atoms with Crippen molar-refractivity contribution in [3.05, 3.63) is 71.3 Å². The van der Waals surface area contributed by atoms with E-state index in [1.54, 1.807) is 0 Å². The van der Waals surface area contributed by atoms with Crippen LogP contribution < -0.4 is 0 Å². The number of amides is 4. The fraction of sp³-hybridized carbons (Fsp3) is 0.375. The van der Waals surface area contributed by atoms with Crippen LogP contribution in [-0.4, -0.2) is 40.7 Å². The first-order valence-corrected chi connectivity index (χ1v) is 10.0. The highest BCUT2D eigenvalue weighted by atomic mass is 16.2. The molecular weight excluding hydrogens is 364 g/mol. The van der Waals surface area contributed by atoms with Crippen LogP contribution in [0, 0.1) is 0 Å². The van der Waals surface area contributed by atoms with Gasteiger partial charge in [0.2, 0.25) is 11.8 Å². The Kier molecular flexibility index (Phi) is 6.16. The molecule has 29 heavy (non-hydrogen) atoms. The molecule has 0 bridgehead atoms. The minimum atomic E-state index is -0.506. The zero-order valence-corrected chi connectivity index (χ0v) is 17.4. The van der Waals surface area contributed by atoms with Crippen LogP contribution in [0.2, 0.25) is 0 Å². The van der Waals surface area contributed by atoms with Crippen LogP contribution in [0.3, 0.4) is 0 Å². The van der Waals surface area contributed by atoms with Crippen molar-refractivity contribution in [2.75, 3.05) is 13.1 Å². The number of carbonyl (C=O) groups excluding carboxylic acids is 3. The molecule has 0 radical (unpaired) electrons. The lowest BCUT2D eigenvalue weighted by Gasteiger charge is -2.32. The van der Waals surface area contributed by atoms with Gasteiger partial charge in [0.25, 0.3) is 0 Å². The highest BCUT2D eigenvalue weighted by molar-refractivity contribution is 6.14. The fourth-order valence-corrected chi connectivity index (χ4v) is 3.42. The summed E-state index contributed by atoms with van der Waals surface area (Å²) in [5.41, 5.74) is 3.43. The first kappa shape index (κ1) is 20.8. The van der Waals surface area contributed by atoms with Crippen LogP contribution in [0.1, 0.15) is 43.9 Å². The molecule has 4 amide bonds. The molecule has 0 unspecified atom stereocenters. The van der Waals surface area contributed by atoms with Gasteiger partial charge in [-0.2, -0.15) is 0 Å². The Balaban J connectivity index is 1.63. The summed E-state index contributed by atoms with van der Waals surface area (Å²) in [4.78, 5) is 39.7. The molecule has 2 aromatic rings. The second kappa shape index (κ2) is 8.60. The Morgan fingerprint density at radius 2 is 1.21 bits per heavy atom. The Morgan fingerprint density at radius 3 is 1.69 bits per heavy atom. The van der Waals surface area contributed by atoms with E-state index < -0.39 is 17.8 Å². The molecule has 0 spiro atoms. The van der Waals surface area contributed by atoms with Crippen LogP contribution in [0.5, 0.6) is 0 Å². The standard InChI is InChI=1S/C24H28N2O3/c1-24(2,3)20-11-9-19(10-12-20)14-16-26-22(28)17-21(27)25(23(26)29)15-13-18-7-5-4-6-8-18/h4-12H,13-17H2,1-3H3. The van der Waals surface area contributed by atoms with E-state index in [1.807, 2.05) is 42.5 Å². The van der Waals surface area contributed by atoms with E-state index in [-0.39, 0.29) is 24.9 Å². The molecule has 152 valence electrons. The van der Waals surface area contributed by atoms with Crippen LogP contribution >= 0.6 is 0 Å². The number of urea groups is 1. The molecule has 1 aliphatic rings. The van der Waals surface area contributed by atoms with Crippen molar-refractivity contribution in [2.45, 2.75) is 45.4 Å². The summed E-state index contributed by atoms with van der Waals surface area (Å²) in [7, 11) is 0. The average molecular weight is 392 g/mol. The zero-order valence-electron chi connectivity index (χ0n) is 17.4. The van der Waals surface area contributed by atoms with Crippen molar-refractivity contribution in [3.8, 4) is 0 Å². The molecule has 1 aliphatic heterocycles. The quantitative estimate of drug-likeness (QED) is 0.700. The van der Waals surface area contributed by atoms with Crippen LogP contribution in [0.25, 0.3) is 0 Å². The number of carbonyl (C=O) groups is 3. The zero-order chi connectivity index (χ0) is 21.0. The highest BCUT2D eigenvalue weighted by Gasteiger charge is 2.37. The maximum Gasteiger partial charge on any atom is 0.333 e. The molecule has 0 saturated carbocycles.